The van der Waals surface area contributed by atoms with Crippen molar-refractivity contribution in [3.63, 3.8) is 0 Å². The third-order valence-corrected chi connectivity index (χ3v) is 4.68. The van der Waals surface area contributed by atoms with Gasteiger partial charge in [-0.25, -0.2) is 0 Å². The van der Waals surface area contributed by atoms with Crippen LogP contribution in [-0.4, -0.2) is 105 Å². The lowest BCUT2D eigenvalue weighted by Gasteiger charge is -2.40. The molecule has 2 unspecified atom stereocenters. The van der Waals surface area contributed by atoms with E-state index in [0.717, 1.165) is 25.7 Å². The number of halogens is 4. The molecule has 6 nitrogen and oxygen atoms in total. The van der Waals surface area contributed by atoms with Crippen molar-refractivity contribution in [2.45, 2.75) is 25.2 Å². The molecule has 0 saturated carbocycles. The highest BCUT2D eigenvalue weighted by molar-refractivity contribution is 14.0. The minimum atomic E-state index is -4.17. The molecular weight excluding hydrogens is 450 g/mol. The van der Waals surface area contributed by atoms with Gasteiger partial charge in [0.25, 0.3) is 0 Å². The fourth-order valence-corrected chi connectivity index (χ4v) is 3.06. The van der Waals surface area contributed by atoms with Crippen LogP contribution in [0.5, 0.6) is 0 Å². The summed E-state index contributed by atoms with van der Waals surface area (Å²) >= 11 is 0. The van der Waals surface area contributed by atoms with Crippen molar-refractivity contribution >= 4 is 29.9 Å². The van der Waals surface area contributed by atoms with Crippen LogP contribution in [-0.2, 0) is 4.74 Å². The summed E-state index contributed by atoms with van der Waals surface area (Å²) in [6.45, 7) is 6.21. The molecule has 0 aromatic carbocycles. The maximum Gasteiger partial charge on any atom is 0.403 e. The van der Waals surface area contributed by atoms with Crippen LogP contribution in [0.15, 0.2) is 4.99 Å². The van der Waals surface area contributed by atoms with Gasteiger partial charge < -0.3 is 19.9 Å². The van der Waals surface area contributed by atoms with Crippen molar-refractivity contribution in [3.05, 3.63) is 0 Å². The molecule has 2 aliphatic heterocycles. The van der Waals surface area contributed by atoms with Gasteiger partial charge in [-0.15, -0.1) is 24.0 Å². The van der Waals surface area contributed by atoms with Gasteiger partial charge in [-0.05, 0) is 14.0 Å². The van der Waals surface area contributed by atoms with E-state index in [2.05, 4.69) is 22.3 Å². The second-order valence-electron chi connectivity index (χ2n) is 6.42. The molecule has 10 heteroatoms. The van der Waals surface area contributed by atoms with E-state index in [1.807, 2.05) is 4.90 Å². The number of ether oxygens (including phenoxy) is 1. The summed E-state index contributed by atoms with van der Waals surface area (Å²) in [7, 11) is 3.76. The van der Waals surface area contributed by atoms with Gasteiger partial charge in [0.2, 0.25) is 0 Å². The Morgan fingerprint density at radius 1 is 1.24 bits per heavy atom. The van der Waals surface area contributed by atoms with Crippen molar-refractivity contribution in [3.8, 4) is 0 Å². The minimum absolute atomic E-state index is 0. The molecule has 0 aromatic heterocycles. The van der Waals surface area contributed by atoms with Crippen LogP contribution in [0.1, 0.15) is 6.92 Å². The number of hydrogen-bond acceptors (Lipinski definition) is 4. The van der Waals surface area contributed by atoms with E-state index in [-0.39, 0.29) is 30.1 Å². The normalized spacial score (nSPS) is 25.4. The number of rotatable bonds is 3. The molecule has 0 radical (unpaired) electrons. The molecular formula is C15H29F3IN5O. The van der Waals surface area contributed by atoms with Crippen molar-refractivity contribution in [2.24, 2.45) is 4.99 Å². The number of likely N-dealkylation sites (N-methyl/N-ethyl adjacent to an activating group) is 1. The highest BCUT2D eigenvalue weighted by Crippen LogP contribution is 2.25. The summed E-state index contributed by atoms with van der Waals surface area (Å²) in [5, 5.41) is 3.29. The topological polar surface area (TPSA) is 43.3 Å². The zero-order valence-corrected chi connectivity index (χ0v) is 17.4. The number of aliphatic imine (C=N–C) groups is 1. The molecule has 2 fully saturated rings. The zero-order valence-electron chi connectivity index (χ0n) is 15.1. The maximum absolute atomic E-state index is 12.8. The second-order valence-corrected chi connectivity index (χ2v) is 6.42. The highest BCUT2D eigenvalue weighted by atomic mass is 127. The lowest BCUT2D eigenvalue weighted by molar-refractivity contribution is -0.181. The van der Waals surface area contributed by atoms with Gasteiger partial charge in [-0.3, -0.25) is 9.89 Å². The zero-order chi connectivity index (χ0) is 17.7. The van der Waals surface area contributed by atoms with Crippen LogP contribution in [0, 0.1) is 0 Å². The number of hydrogen-bond donors (Lipinski definition) is 1. The number of nitrogens with zero attached hydrogens (tertiary/aromatic N) is 4. The standard InChI is InChI=1S/C15H28F3N5O.HI/c1-12(15(16,17)18)22-4-6-23(7-5-22)14(19-2)20-10-13-11-21(3)8-9-24-13;/h12-13H,4-11H2,1-3H3,(H,19,20);1H. The number of piperazine rings is 1. The number of alkyl halides is 3. The Labute approximate surface area is 164 Å². The van der Waals surface area contributed by atoms with Crippen molar-refractivity contribution < 1.29 is 17.9 Å². The van der Waals surface area contributed by atoms with Crippen molar-refractivity contribution in [1.82, 2.24) is 20.0 Å². The lowest BCUT2D eigenvalue weighted by atomic mass is 10.2. The lowest BCUT2D eigenvalue weighted by Crippen LogP contribution is -2.57. The monoisotopic (exact) mass is 479 g/mol. The summed E-state index contributed by atoms with van der Waals surface area (Å²) in [5.41, 5.74) is 0. The van der Waals surface area contributed by atoms with Crippen molar-refractivity contribution in [1.29, 1.82) is 0 Å². The molecule has 0 aromatic rings. The van der Waals surface area contributed by atoms with E-state index in [4.69, 9.17) is 4.74 Å². The number of morpholine rings is 1. The molecule has 0 amide bonds. The molecule has 0 aliphatic carbocycles. The molecule has 2 rings (SSSR count). The molecule has 2 heterocycles. The van der Waals surface area contributed by atoms with Crippen LogP contribution >= 0.6 is 24.0 Å². The highest BCUT2D eigenvalue weighted by Gasteiger charge is 2.41. The predicted octanol–water partition coefficient (Wildman–Crippen LogP) is 1.08. The number of guanidine groups is 1. The molecule has 2 atom stereocenters. The summed E-state index contributed by atoms with van der Waals surface area (Å²) in [6.07, 6.45) is -4.07. The minimum Gasteiger partial charge on any atom is -0.374 e. The van der Waals surface area contributed by atoms with E-state index < -0.39 is 12.2 Å². The fourth-order valence-electron chi connectivity index (χ4n) is 3.06. The van der Waals surface area contributed by atoms with Gasteiger partial charge >= 0.3 is 6.18 Å². The molecule has 2 aliphatic rings. The first-order valence-electron chi connectivity index (χ1n) is 8.37. The fraction of sp³-hybridized carbons (Fsp3) is 0.933. The molecule has 25 heavy (non-hydrogen) atoms. The van der Waals surface area contributed by atoms with Crippen molar-refractivity contribution in [2.75, 3.05) is 66.5 Å². The Kier molecular flexibility index (Phi) is 9.19. The number of nitrogens with one attached hydrogen (secondary N) is 1. The van der Waals surface area contributed by atoms with Crippen LogP contribution in [0.25, 0.3) is 0 Å². The maximum atomic E-state index is 12.8. The molecule has 2 saturated heterocycles. The first-order chi connectivity index (χ1) is 11.3. The third-order valence-electron chi connectivity index (χ3n) is 4.68. The summed E-state index contributed by atoms with van der Waals surface area (Å²) in [6, 6.07) is -1.40. The quantitative estimate of drug-likeness (QED) is 0.373. The Morgan fingerprint density at radius 2 is 1.88 bits per heavy atom. The van der Waals surface area contributed by atoms with E-state index in [0.29, 0.717) is 32.7 Å². The van der Waals surface area contributed by atoms with Gasteiger partial charge in [0.1, 0.15) is 6.04 Å². The molecule has 0 spiro atoms. The Hall–Kier alpha value is -0.330. The third kappa shape index (κ3) is 6.72. The van der Waals surface area contributed by atoms with E-state index in [1.165, 1.54) is 11.8 Å². The largest absolute Gasteiger partial charge is 0.403 e. The first kappa shape index (κ1) is 22.7. The predicted molar refractivity (Wildman–Crippen MR) is 103 cm³/mol. The average molecular weight is 479 g/mol. The SMILES string of the molecule is CN=C(NCC1CN(C)CCO1)N1CCN(C(C)C(F)(F)F)CC1.I. The van der Waals surface area contributed by atoms with Crippen LogP contribution < -0.4 is 5.32 Å². The van der Waals surface area contributed by atoms with Crippen LogP contribution in [0.4, 0.5) is 13.2 Å². The van der Waals surface area contributed by atoms with Gasteiger partial charge in [0.05, 0.1) is 12.7 Å². The van der Waals surface area contributed by atoms with E-state index in [9.17, 15) is 13.2 Å². The smallest absolute Gasteiger partial charge is 0.374 e. The van der Waals surface area contributed by atoms with Crippen LogP contribution in [0.2, 0.25) is 0 Å². The Balaban J connectivity index is 0.00000312. The molecule has 1 N–H and O–H groups in total. The summed E-state index contributed by atoms with van der Waals surface area (Å²) < 4.78 is 44.1. The molecule has 0 bridgehead atoms. The Bertz CT molecular complexity index is 430. The van der Waals surface area contributed by atoms with Gasteiger partial charge in [0.15, 0.2) is 5.96 Å². The Morgan fingerprint density at radius 3 is 2.40 bits per heavy atom. The van der Waals surface area contributed by atoms with Crippen LogP contribution in [0.3, 0.4) is 0 Å². The summed E-state index contributed by atoms with van der Waals surface area (Å²) in [4.78, 5) is 9.95. The van der Waals surface area contributed by atoms with Gasteiger partial charge in [-0.2, -0.15) is 13.2 Å². The van der Waals surface area contributed by atoms with Gasteiger partial charge in [0, 0.05) is 52.9 Å². The average Bonchev–Trinajstić information content (AvgIpc) is 2.54. The van der Waals surface area contributed by atoms with Gasteiger partial charge in [-0.1, -0.05) is 0 Å². The van der Waals surface area contributed by atoms with E-state index >= 15 is 0 Å². The first-order valence-corrected chi connectivity index (χ1v) is 8.37. The second kappa shape index (κ2) is 10.1. The molecule has 148 valence electrons. The van der Waals surface area contributed by atoms with E-state index in [1.54, 1.807) is 7.05 Å². The summed E-state index contributed by atoms with van der Waals surface area (Å²) in [5.74, 6) is 0.728.